The molecule has 0 aliphatic heterocycles. The molecular weight excluding hydrogens is 308 g/mol. The maximum absolute atomic E-state index is 13.6. The van der Waals surface area contributed by atoms with Crippen molar-refractivity contribution in [2.24, 2.45) is 0 Å². The van der Waals surface area contributed by atoms with Gasteiger partial charge in [0.1, 0.15) is 5.69 Å². The molecule has 3 rings (SSSR count). The molecule has 0 spiro atoms. The Morgan fingerprint density at radius 3 is 2.73 bits per heavy atom. The number of hydrogen-bond donors (Lipinski definition) is 2. The molecule has 1 aromatic heterocycles. The van der Waals surface area contributed by atoms with E-state index < -0.39 is 11.6 Å². The first kappa shape index (κ1) is 15.0. The van der Waals surface area contributed by atoms with Crippen LogP contribution in [-0.2, 0) is 5.75 Å². The molecule has 0 bridgehead atoms. The van der Waals surface area contributed by atoms with Crippen LogP contribution in [0.2, 0.25) is 0 Å². The number of halogens is 2. The Balaban J connectivity index is 1.80. The third-order valence-electron chi connectivity index (χ3n) is 3.81. The first-order chi connectivity index (χ1) is 10.6. The Morgan fingerprint density at radius 1 is 1.27 bits per heavy atom. The molecule has 1 heterocycles. The smallest absolute Gasteiger partial charge is 0.239 e. The molecule has 7 heteroatoms. The summed E-state index contributed by atoms with van der Waals surface area (Å²) in [6.45, 7) is 0. The Bertz CT molecular complexity index is 707. The molecule has 0 radical (unpaired) electrons. The largest absolute Gasteiger partial charge is 0.492 e. The van der Waals surface area contributed by atoms with E-state index in [0.29, 0.717) is 10.9 Å². The summed E-state index contributed by atoms with van der Waals surface area (Å²) in [5, 5.41) is 10.1. The Kier molecular flexibility index (Phi) is 4.15. The van der Waals surface area contributed by atoms with Crippen molar-refractivity contribution >= 4 is 17.4 Å². The maximum Gasteiger partial charge on any atom is 0.239 e. The van der Waals surface area contributed by atoms with E-state index in [1.807, 2.05) is 0 Å². The average molecular weight is 323 g/mol. The second kappa shape index (κ2) is 6.08. The molecule has 22 heavy (non-hydrogen) atoms. The van der Waals surface area contributed by atoms with Gasteiger partial charge in [0.25, 0.3) is 0 Å². The van der Waals surface area contributed by atoms with Crippen LogP contribution < -0.4 is 5.73 Å². The lowest BCUT2D eigenvalue weighted by molar-refractivity contribution is 0.400. The highest BCUT2D eigenvalue weighted by Gasteiger charge is 2.25. The first-order valence-corrected chi connectivity index (χ1v) is 7.97. The molecule has 0 amide bonds. The van der Waals surface area contributed by atoms with Crippen molar-refractivity contribution in [1.82, 2.24) is 9.97 Å². The number of nitrogens with zero attached hydrogens (tertiary/aromatic N) is 2. The van der Waals surface area contributed by atoms with Crippen LogP contribution in [0.15, 0.2) is 23.4 Å². The minimum absolute atomic E-state index is 0.178. The maximum atomic E-state index is 13.6. The van der Waals surface area contributed by atoms with Gasteiger partial charge >= 0.3 is 0 Å². The molecule has 1 fully saturated rings. The average Bonchev–Trinajstić information content (AvgIpc) is 2.43. The first-order valence-electron chi connectivity index (χ1n) is 6.98. The lowest BCUT2D eigenvalue weighted by atomic mass is 9.82. The molecule has 3 N–H and O–H groups in total. The lowest BCUT2D eigenvalue weighted by Gasteiger charge is -2.26. The summed E-state index contributed by atoms with van der Waals surface area (Å²) in [7, 11) is 0. The van der Waals surface area contributed by atoms with E-state index in [9.17, 15) is 13.9 Å². The van der Waals surface area contributed by atoms with E-state index in [1.54, 1.807) is 0 Å². The molecule has 2 aromatic rings. The Labute approximate surface area is 130 Å². The van der Waals surface area contributed by atoms with E-state index in [1.165, 1.54) is 12.1 Å². The normalized spacial score (nSPS) is 14.8. The van der Waals surface area contributed by atoms with E-state index in [0.717, 1.165) is 37.1 Å². The van der Waals surface area contributed by atoms with Crippen LogP contribution in [0.1, 0.15) is 36.4 Å². The van der Waals surface area contributed by atoms with Crippen molar-refractivity contribution < 1.29 is 13.9 Å². The fourth-order valence-corrected chi connectivity index (χ4v) is 3.13. The van der Waals surface area contributed by atoms with Gasteiger partial charge in [-0.2, -0.15) is 4.98 Å². The number of anilines is 1. The molecular formula is C15H15F2N3OS. The zero-order chi connectivity index (χ0) is 15.7. The zero-order valence-electron chi connectivity index (χ0n) is 11.7. The topological polar surface area (TPSA) is 72.0 Å². The van der Waals surface area contributed by atoms with Crippen molar-refractivity contribution in [3.05, 3.63) is 41.1 Å². The predicted molar refractivity (Wildman–Crippen MR) is 80.6 cm³/mol. The van der Waals surface area contributed by atoms with Crippen LogP contribution in [0.3, 0.4) is 0 Å². The van der Waals surface area contributed by atoms with Crippen molar-refractivity contribution in [3.8, 4) is 5.88 Å². The third-order valence-corrected chi connectivity index (χ3v) is 4.71. The van der Waals surface area contributed by atoms with Crippen molar-refractivity contribution in [1.29, 1.82) is 0 Å². The number of aromatic hydroxyl groups is 1. The van der Waals surface area contributed by atoms with Crippen molar-refractivity contribution in [2.75, 3.05) is 5.73 Å². The highest BCUT2D eigenvalue weighted by Crippen LogP contribution is 2.40. The summed E-state index contributed by atoms with van der Waals surface area (Å²) in [4.78, 5) is 8.28. The van der Waals surface area contributed by atoms with Crippen LogP contribution in [0, 0.1) is 11.6 Å². The fourth-order valence-electron chi connectivity index (χ4n) is 2.31. The van der Waals surface area contributed by atoms with E-state index in [-0.39, 0.29) is 28.8 Å². The van der Waals surface area contributed by atoms with Gasteiger partial charge in [-0.25, -0.2) is 13.8 Å². The predicted octanol–water partition coefficient (Wildman–Crippen LogP) is 3.60. The van der Waals surface area contributed by atoms with E-state index >= 15 is 0 Å². The summed E-state index contributed by atoms with van der Waals surface area (Å²) in [6.07, 6.45) is 3.10. The number of thioether (sulfide) groups is 1. The number of nitrogens with two attached hydrogens (primary N) is 1. The summed E-state index contributed by atoms with van der Waals surface area (Å²) >= 11 is 1.14. The molecule has 0 saturated heterocycles. The summed E-state index contributed by atoms with van der Waals surface area (Å²) in [5.41, 5.74) is 6.92. The molecule has 1 aliphatic carbocycles. The quantitative estimate of drug-likeness (QED) is 0.664. The second-order valence-corrected chi connectivity index (χ2v) is 6.20. The zero-order valence-corrected chi connectivity index (χ0v) is 12.5. The van der Waals surface area contributed by atoms with Gasteiger partial charge in [0.15, 0.2) is 16.8 Å². The number of nitrogen functional groups attached to an aromatic ring is 1. The SMILES string of the molecule is Nc1c(O)nc(SCc2cccc(F)c2F)nc1C1CCC1. The van der Waals surface area contributed by atoms with Gasteiger partial charge in [0, 0.05) is 17.2 Å². The molecule has 0 atom stereocenters. The molecule has 116 valence electrons. The number of aromatic nitrogens is 2. The second-order valence-electron chi connectivity index (χ2n) is 5.26. The molecule has 1 aliphatic rings. The summed E-state index contributed by atoms with van der Waals surface area (Å²) in [5.74, 6) is -1.57. The number of benzene rings is 1. The van der Waals surface area contributed by atoms with Gasteiger partial charge in [0.05, 0.1) is 5.69 Å². The molecule has 0 unspecified atom stereocenters. The van der Waals surface area contributed by atoms with E-state index in [2.05, 4.69) is 9.97 Å². The molecule has 4 nitrogen and oxygen atoms in total. The van der Waals surface area contributed by atoms with Gasteiger partial charge < -0.3 is 10.8 Å². The highest BCUT2D eigenvalue weighted by molar-refractivity contribution is 7.98. The third kappa shape index (κ3) is 2.85. The minimum Gasteiger partial charge on any atom is -0.492 e. The number of rotatable bonds is 4. The summed E-state index contributed by atoms with van der Waals surface area (Å²) < 4.78 is 26.8. The lowest BCUT2D eigenvalue weighted by Crippen LogP contribution is -2.14. The van der Waals surface area contributed by atoms with Gasteiger partial charge in [-0.05, 0) is 18.9 Å². The Hall–Kier alpha value is -1.89. The highest BCUT2D eigenvalue weighted by atomic mass is 32.2. The van der Waals surface area contributed by atoms with Crippen molar-refractivity contribution in [2.45, 2.75) is 36.1 Å². The van der Waals surface area contributed by atoms with Crippen LogP contribution in [-0.4, -0.2) is 15.1 Å². The van der Waals surface area contributed by atoms with Crippen LogP contribution in [0.4, 0.5) is 14.5 Å². The van der Waals surface area contributed by atoms with Crippen LogP contribution in [0.25, 0.3) is 0 Å². The summed E-state index contributed by atoms with van der Waals surface area (Å²) in [6, 6.07) is 4.04. The molecule has 1 aromatic carbocycles. The minimum atomic E-state index is -0.880. The van der Waals surface area contributed by atoms with Gasteiger partial charge in [-0.3, -0.25) is 0 Å². The molecule has 1 saturated carbocycles. The van der Waals surface area contributed by atoms with Crippen LogP contribution in [0.5, 0.6) is 5.88 Å². The fraction of sp³-hybridized carbons (Fsp3) is 0.333. The van der Waals surface area contributed by atoms with Gasteiger partial charge in [-0.1, -0.05) is 30.3 Å². The standard InChI is InChI=1S/C15H15F2N3OS/c16-10-6-2-5-9(11(10)17)7-22-15-19-13(8-3-1-4-8)12(18)14(21)20-15/h2,5-6,8H,1,3-4,7,18H2,(H,19,20,21). The van der Waals surface area contributed by atoms with E-state index in [4.69, 9.17) is 5.73 Å². The number of hydrogen-bond acceptors (Lipinski definition) is 5. The van der Waals surface area contributed by atoms with Crippen molar-refractivity contribution in [3.63, 3.8) is 0 Å². The van der Waals surface area contributed by atoms with Gasteiger partial charge in [-0.15, -0.1) is 0 Å². The van der Waals surface area contributed by atoms with Crippen LogP contribution >= 0.6 is 11.8 Å². The Morgan fingerprint density at radius 2 is 2.05 bits per heavy atom. The monoisotopic (exact) mass is 323 g/mol. The van der Waals surface area contributed by atoms with Gasteiger partial charge in [0.2, 0.25) is 5.88 Å².